The Kier molecular flexibility index (Phi) is 6.86. The van der Waals surface area contributed by atoms with Crippen molar-refractivity contribution in [3.63, 3.8) is 0 Å². The fourth-order valence-electron chi connectivity index (χ4n) is 2.64. The zero-order chi connectivity index (χ0) is 19.8. The van der Waals surface area contributed by atoms with Gasteiger partial charge in [-0.05, 0) is 50.6 Å². The van der Waals surface area contributed by atoms with Crippen LogP contribution in [-0.2, 0) is 18.0 Å². The van der Waals surface area contributed by atoms with E-state index in [2.05, 4.69) is 10.5 Å². The lowest BCUT2D eigenvalue weighted by Crippen LogP contribution is -2.25. The molecule has 0 unspecified atom stereocenters. The summed E-state index contributed by atoms with van der Waals surface area (Å²) in [5.41, 5.74) is 2.28. The van der Waals surface area contributed by atoms with Crippen molar-refractivity contribution in [3.8, 4) is 5.75 Å². The van der Waals surface area contributed by atoms with Gasteiger partial charge in [-0.3, -0.25) is 4.79 Å². The van der Waals surface area contributed by atoms with Crippen LogP contribution >= 0.6 is 0 Å². The summed E-state index contributed by atoms with van der Waals surface area (Å²) in [6.07, 6.45) is 2.33. The molecule has 7 heteroatoms. The second-order valence-corrected chi connectivity index (χ2v) is 6.36. The van der Waals surface area contributed by atoms with Crippen LogP contribution in [0.4, 0.5) is 0 Å². The SMILES string of the molecule is Cc1noc(C)c1COc1cccc(C(=O)NCCCOCc2ccco2)c1. The minimum absolute atomic E-state index is 0.145. The summed E-state index contributed by atoms with van der Waals surface area (Å²) in [5.74, 6) is 2.00. The highest BCUT2D eigenvalue weighted by Crippen LogP contribution is 2.18. The summed E-state index contributed by atoms with van der Waals surface area (Å²) < 4.78 is 21.6. The predicted octanol–water partition coefficient (Wildman–Crippen LogP) is 3.80. The maximum absolute atomic E-state index is 12.3. The minimum atomic E-state index is -0.145. The normalized spacial score (nSPS) is 10.8. The molecule has 0 bridgehead atoms. The summed E-state index contributed by atoms with van der Waals surface area (Å²) in [6, 6.07) is 10.8. The van der Waals surface area contributed by atoms with E-state index >= 15 is 0 Å². The Labute approximate surface area is 163 Å². The van der Waals surface area contributed by atoms with Crippen molar-refractivity contribution >= 4 is 5.91 Å². The van der Waals surface area contributed by atoms with E-state index < -0.39 is 0 Å². The molecule has 1 aromatic carbocycles. The molecule has 0 atom stereocenters. The number of nitrogens with zero attached hydrogens (tertiary/aromatic N) is 1. The first kappa shape index (κ1) is 19.7. The standard InChI is InChI=1S/C21H24N2O5/c1-15-20(16(2)28-23-15)14-27-18-7-3-6-17(12-18)21(24)22-9-5-10-25-13-19-8-4-11-26-19/h3-4,6-8,11-12H,5,9-10,13-14H2,1-2H3,(H,22,24). The largest absolute Gasteiger partial charge is 0.489 e. The van der Waals surface area contributed by atoms with E-state index in [1.807, 2.05) is 32.0 Å². The molecule has 0 spiro atoms. The summed E-state index contributed by atoms with van der Waals surface area (Å²) in [4.78, 5) is 12.3. The highest BCUT2D eigenvalue weighted by atomic mass is 16.5. The first-order valence-corrected chi connectivity index (χ1v) is 9.16. The van der Waals surface area contributed by atoms with Crippen LogP contribution in [0.5, 0.6) is 5.75 Å². The molecule has 2 heterocycles. The Balaban J connectivity index is 1.40. The number of amides is 1. The van der Waals surface area contributed by atoms with Crippen LogP contribution in [0.2, 0.25) is 0 Å². The fraction of sp³-hybridized carbons (Fsp3) is 0.333. The molecule has 2 aromatic heterocycles. The molecular weight excluding hydrogens is 360 g/mol. The van der Waals surface area contributed by atoms with Crippen LogP contribution < -0.4 is 10.1 Å². The van der Waals surface area contributed by atoms with Crippen LogP contribution in [0.3, 0.4) is 0 Å². The summed E-state index contributed by atoms with van der Waals surface area (Å²) in [5, 5.41) is 6.79. The summed E-state index contributed by atoms with van der Waals surface area (Å²) in [6.45, 7) is 5.58. The number of carbonyl (C=O) groups is 1. The van der Waals surface area contributed by atoms with E-state index in [1.165, 1.54) is 0 Å². The molecule has 0 aliphatic carbocycles. The van der Waals surface area contributed by atoms with Crippen LogP contribution in [0.25, 0.3) is 0 Å². The molecule has 3 aromatic rings. The second-order valence-electron chi connectivity index (χ2n) is 6.36. The van der Waals surface area contributed by atoms with Gasteiger partial charge in [0.2, 0.25) is 0 Å². The van der Waals surface area contributed by atoms with Gasteiger partial charge < -0.3 is 23.7 Å². The maximum Gasteiger partial charge on any atom is 0.251 e. The van der Waals surface area contributed by atoms with Gasteiger partial charge in [0.25, 0.3) is 5.91 Å². The number of aromatic nitrogens is 1. The van der Waals surface area contributed by atoms with E-state index in [0.717, 1.165) is 22.8 Å². The molecule has 148 valence electrons. The van der Waals surface area contributed by atoms with E-state index in [4.69, 9.17) is 18.4 Å². The van der Waals surface area contributed by atoms with E-state index in [1.54, 1.807) is 24.5 Å². The van der Waals surface area contributed by atoms with Gasteiger partial charge in [0, 0.05) is 18.7 Å². The number of aryl methyl sites for hydroxylation is 2. The second kappa shape index (κ2) is 9.75. The van der Waals surface area contributed by atoms with E-state index in [0.29, 0.717) is 44.1 Å². The number of benzene rings is 1. The van der Waals surface area contributed by atoms with Gasteiger partial charge in [0.05, 0.1) is 17.5 Å². The molecule has 0 radical (unpaired) electrons. The number of hydrogen-bond donors (Lipinski definition) is 1. The van der Waals surface area contributed by atoms with Crippen molar-refractivity contribution in [2.45, 2.75) is 33.5 Å². The summed E-state index contributed by atoms with van der Waals surface area (Å²) >= 11 is 0. The highest BCUT2D eigenvalue weighted by Gasteiger charge is 2.11. The highest BCUT2D eigenvalue weighted by molar-refractivity contribution is 5.94. The molecular formula is C21H24N2O5. The van der Waals surface area contributed by atoms with Crippen LogP contribution in [0.15, 0.2) is 51.6 Å². The van der Waals surface area contributed by atoms with Gasteiger partial charge in [-0.15, -0.1) is 0 Å². The number of carbonyl (C=O) groups excluding carboxylic acids is 1. The third-order valence-corrected chi connectivity index (χ3v) is 4.24. The predicted molar refractivity (Wildman–Crippen MR) is 102 cm³/mol. The van der Waals surface area contributed by atoms with Crippen molar-refractivity contribution in [3.05, 3.63) is 71.0 Å². The smallest absolute Gasteiger partial charge is 0.251 e. The summed E-state index contributed by atoms with van der Waals surface area (Å²) in [7, 11) is 0. The van der Waals surface area contributed by atoms with Crippen molar-refractivity contribution in [2.24, 2.45) is 0 Å². The quantitative estimate of drug-likeness (QED) is 0.535. The van der Waals surface area contributed by atoms with Crippen LogP contribution in [0, 0.1) is 13.8 Å². The number of rotatable bonds is 10. The van der Waals surface area contributed by atoms with Gasteiger partial charge >= 0.3 is 0 Å². The number of hydrogen-bond acceptors (Lipinski definition) is 6. The molecule has 7 nitrogen and oxygen atoms in total. The third-order valence-electron chi connectivity index (χ3n) is 4.24. The zero-order valence-electron chi connectivity index (χ0n) is 16.1. The lowest BCUT2D eigenvalue weighted by atomic mass is 10.2. The fourth-order valence-corrected chi connectivity index (χ4v) is 2.64. The molecule has 28 heavy (non-hydrogen) atoms. The average Bonchev–Trinajstić information content (AvgIpc) is 3.33. The molecule has 3 rings (SSSR count). The van der Waals surface area contributed by atoms with Crippen molar-refractivity contribution in [1.82, 2.24) is 10.5 Å². The van der Waals surface area contributed by atoms with Gasteiger partial charge in [-0.25, -0.2) is 0 Å². The Morgan fingerprint density at radius 3 is 2.82 bits per heavy atom. The number of furan rings is 1. The molecule has 0 saturated heterocycles. The lowest BCUT2D eigenvalue weighted by Gasteiger charge is -2.09. The van der Waals surface area contributed by atoms with Crippen molar-refractivity contribution in [2.75, 3.05) is 13.2 Å². The molecule has 0 aliphatic heterocycles. The number of nitrogens with one attached hydrogen (secondary N) is 1. The monoisotopic (exact) mass is 384 g/mol. The molecule has 1 amide bonds. The molecule has 1 N–H and O–H groups in total. The van der Waals surface area contributed by atoms with E-state index in [9.17, 15) is 4.79 Å². The van der Waals surface area contributed by atoms with Gasteiger partial charge in [-0.1, -0.05) is 11.2 Å². The van der Waals surface area contributed by atoms with Gasteiger partial charge in [0.15, 0.2) is 0 Å². The lowest BCUT2D eigenvalue weighted by molar-refractivity contribution is 0.0916. The third kappa shape index (κ3) is 5.47. The number of ether oxygens (including phenoxy) is 2. The Bertz CT molecular complexity index is 867. The first-order chi connectivity index (χ1) is 13.6. The van der Waals surface area contributed by atoms with Gasteiger partial charge in [0.1, 0.15) is 30.5 Å². The molecule has 0 saturated carbocycles. The van der Waals surface area contributed by atoms with E-state index in [-0.39, 0.29) is 5.91 Å². The Hall–Kier alpha value is -3.06. The molecule has 0 fully saturated rings. The topological polar surface area (TPSA) is 86.7 Å². The van der Waals surface area contributed by atoms with Crippen LogP contribution in [-0.4, -0.2) is 24.2 Å². The Morgan fingerprint density at radius 1 is 1.18 bits per heavy atom. The first-order valence-electron chi connectivity index (χ1n) is 9.16. The minimum Gasteiger partial charge on any atom is -0.489 e. The Morgan fingerprint density at radius 2 is 2.07 bits per heavy atom. The van der Waals surface area contributed by atoms with Crippen molar-refractivity contribution in [1.29, 1.82) is 0 Å². The van der Waals surface area contributed by atoms with Gasteiger partial charge in [-0.2, -0.15) is 0 Å². The van der Waals surface area contributed by atoms with Crippen molar-refractivity contribution < 1.29 is 23.2 Å². The maximum atomic E-state index is 12.3. The zero-order valence-corrected chi connectivity index (χ0v) is 16.1. The molecule has 0 aliphatic rings. The van der Waals surface area contributed by atoms with Crippen LogP contribution in [0.1, 0.15) is 39.6 Å². The average molecular weight is 384 g/mol.